The van der Waals surface area contributed by atoms with Gasteiger partial charge in [0.2, 0.25) is 12.2 Å². The molecule has 0 aromatic heterocycles. The van der Waals surface area contributed by atoms with Crippen LogP contribution in [-0.2, 0) is 14.3 Å². The first-order chi connectivity index (χ1) is 11.5. The monoisotopic (exact) mass is 328 g/mol. The quantitative estimate of drug-likeness (QED) is 0.793. The zero-order valence-corrected chi connectivity index (χ0v) is 14.0. The van der Waals surface area contributed by atoms with Crippen LogP contribution in [-0.4, -0.2) is 43.5 Å². The Bertz CT molecular complexity index is 733. The third kappa shape index (κ3) is 2.66. The summed E-state index contributed by atoms with van der Waals surface area (Å²) in [6.45, 7) is 2.51. The number of benzene rings is 1. The number of rotatable bonds is 4. The van der Waals surface area contributed by atoms with Gasteiger partial charge in [-0.15, -0.1) is 0 Å². The normalized spacial score (nSPS) is 22.9. The minimum absolute atomic E-state index is 0.0743. The van der Waals surface area contributed by atoms with Crippen molar-refractivity contribution in [1.82, 2.24) is 4.90 Å². The third-order valence-corrected chi connectivity index (χ3v) is 4.40. The molecule has 0 N–H and O–H groups in total. The Labute approximate surface area is 141 Å². The second-order valence-corrected chi connectivity index (χ2v) is 6.09. The predicted molar refractivity (Wildman–Crippen MR) is 86.9 cm³/mol. The summed E-state index contributed by atoms with van der Waals surface area (Å²) in [6, 6.07) is 7.33. The van der Waals surface area contributed by atoms with E-state index in [1.807, 2.05) is 13.0 Å². The number of likely N-dealkylation sites (tertiary alicyclic amines) is 1. The topological polar surface area (TPSA) is 71.8 Å². The van der Waals surface area contributed by atoms with Gasteiger partial charge in [0.1, 0.15) is 5.75 Å². The molecular weight excluding hydrogens is 308 g/mol. The Morgan fingerprint density at radius 3 is 2.71 bits per heavy atom. The number of nitriles is 1. The molecule has 1 atom stereocenters. The van der Waals surface area contributed by atoms with E-state index in [4.69, 9.17) is 14.2 Å². The highest BCUT2D eigenvalue weighted by Gasteiger charge is 2.42. The maximum Gasteiger partial charge on any atom is 0.227 e. The second kappa shape index (κ2) is 6.27. The van der Waals surface area contributed by atoms with Crippen LogP contribution in [0.25, 0.3) is 5.70 Å². The summed E-state index contributed by atoms with van der Waals surface area (Å²) in [5.41, 5.74) is 1.13. The predicted octanol–water partition coefficient (Wildman–Crippen LogP) is 2.29. The van der Waals surface area contributed by atoms with E-state index in [2.05, 4.69) is 6.07 Å². The lowest BCUT2D eigenvalue weighted by atomic mass is 9.95. The molecule has 0 spiro atoms. The van der Waals surface area contributed by atoms with E-state index in [9.17, 15) is 10.1 Å². The van der Waals surface area contributed by atoms with Crippen LogP contribution in [0.3, 0.4) is 0 Å². The highest BCUT2D eigenvalue weighted by atomic mass is 16.7. The molecule has 1 unspecified atom stereocenters. The maximum atomic E-state index is 12.3. The Hall–Kier alpha value is -2.36. The summed E-state index contributed by atoms with van der Waals surface area (Å²) in [5, 5.41) is 9.18. The van der Waals surface area contributed by atoms with Gasteiger partial charge in [0, 0.05) is 32.7 Å². The van der Waals surface area contributed by atoms with E-state index < -0.39 is 11.9 Å². The van der Waals surface area contributed by atoms with Crippen LogP contribution < -0.4 is 4.74 Å². The van der Waals surface area contributed by atoms with Crippen molar-refractivity contribution in [3.63, 3.8) is 0 Å². The molecule has 2 heterocycles. The molecule has 3 rings (SSSR count). The van der Waals surface area contributed by atoms with Crippen LogP contribution >= 0.6 is 0 Å². The van der Waals surface area contributed by atoms with Crippen molar-refractivity contribution in [2.75, 3.05) is 20.8 Å². The van der Waals surface area contributed by atoms with E-state index in [0.29, 0.717) is 24.3 Å². The first kappa shape index (κ1) is 16.5. The minimum Gasteiger partial charge on any atom is -0.477 e. The molecular formula is C18H20N2O4. The number of nitrogens with zero attached hydrogens (tertiary/aromatic N) is 2. The van der Waals surface area contributed by atoms with Crippen LogP contribution in [0.5, 0.6) is 5.75 Å². The first-order valence-corrected chi connectivity index (χ1v) is 7.84. The number of amides is 1. The van der Waals surface area contributed by atoms with Crippen LogP contribution in [0.1, 0.15) is 30.9 Å². The fourth-order valence-electron chi connectivity index (χ4n) is 3.31. The number of hydrogen-bond acceptors (Lipinski definition) is 5. The summed E-state index contributed by atoms with van der Waals surface area (Å²) in [7, 11) is 3.09. The Morgan fingerprint density at radius 1 is 1.38 bits per heavy atom. The van der Waals surface area contributed by atoms with Gasteiger partial charge in [-0.25, -0.2) is 0 Å². The van der Waals surface area contributed by atoms with Crippen LogP contribution in [0.15, 0.2) is 24.3 Å². The fraction of sp³-hybridized carbons (Fsp3) is 0.444. The smallest absolute Gasteiger partial charge is 0.227 e. The van der Waals surface area contributed by atoms with Crippen molar-refractivity contribution in [2.24, 2.45) is 0 Å². The number of fused-ring (bicyclic) bond motifs is 1. The summed E-state index contributed by atoms with van der Waals surface area (Å²) >= 11 is 0. The van der Waals surface area contributed by atoms with Gasteiger partial charge in [-0.1, -0.05) is 0 Å². The van der Waals surface area contributed by atoms with E-state index in [-0.39, 0.29) is 5.91 Å². The van der Waals surface area contributed by atoms with Gasteiger partial charge in [0.05, 0.1) is 17.3 Å². The molecule has 2 aliphatic rings. The number of carbonyl (C=O) groups excluding carboxylic acids is 1. The summed E-state index contributed by atoms with van der Waals surface area (Å²) in [5.74, 6) is 0.679. The molecule has 0 aliphatic carbocycles. The van der Waals surface area contributed by atoms with Crippen molar-refractivity contribution >= 4 is 11.6 Å². The average molecular weight is 328 g/mol. The Balaban J connectivity index is 2.14. The van der Waals surface area contributed by atoms with Crippen molar-refractivity contribution in [3.05, 3.63) is 35.4 Å². The van der Waals surface area contributed by atoms with Gasteiger partial charge in [0.15, 0.2) is 5.60 Å². The van der Waals surface area contributed by atoms with Crippen LogP contribution in [0, 0.1) is 11.3 Å². The molecule has 24 heavy (non-hydrogen) atoms. The summed E-state index contributed by atoms with van der Waals surface area (Å²) < 4.78 is 16.9. The van der Waals surface area contributed by atoms with Crippen LogP contribution in [0.4, 0.5) is 0 Å². The minimum atomic E-state index is -0.886. The van der Waals surface area contributed by atoms with Crippen LogP contribution in [0.2, 0.25) is 0 Å². The van der Waals surface area contributed by atoms with Crippen molar-refractivity contribution in [3.8, 4) is 11.8 Å². The second-order valence-electron chi connectivity index (χ2n) is 6.09. The van der Waals surface area contributed by atoms with Gasteiger partial charge in [0.25, 0.3) is 0 Å². The zero-order chi connectivity index (χ0) is 17.3. The van der Waals surface area contributed by atoms with E-state index >= 15 is 0 Å². The Morgan fingerprint density at radius 2 is 2.12 bits per heavy atom. The van der Waals surface area contributed by atoms with Gasteiger partial charge in [-0.2, -0.15) is 5.26 Å². The summed E-state index contributed by atoms with van der Waals surface area (Å²) in [4.78, 5) is 14.0. The molecule has 1 aromatic carbocycles. The third-order valence-electron chi connectivity index (χ3n) is 4.40. The fourth-order valence-corrected chi connectivity index (χ4v) is 3.31. The lowest BCUT2D eigenvalue weighted by Crippen LogP contribution is -2.48. The SMILES string of the molecule is COC(OC)C1(C)C=C(N2CCCC2=O)c2cc(C#N)ccc2O1. The standard InChI is InChI=1S/C18H20N2O4/c1-18(17(22-2)23-3)10-14(20-8-4-5-16(20)21)13-9-12(11-19)6-7-15(13)24-18/h6-7,9-10,17H,4-5,8H2,1-3H3. The lowest BCUT2D eigenvalue weighted by Gasteiger charge is -2.39. The molecule has 6 heteroatoms. The molecule has 1 amide bonds. The molecule has 0 radical (unpaired) electrons. The van der Waals surface area contributed by atoms with Crippen molar-refractivity contribution < 1.29 is 19.0 Å². The van der Waals surface area contributed by atoms with Crippen molar-refractivity contribution in [2.45, 2.75) is 31.7 Å². The average Bonchev–Trinajstić information content (AvgIpc) is 3.00. The molecule has 1 saturated heterocycles. The maximum absolute atomic E-state index is 12.3. The van der Waals surface area contributed by atoms with Crippen molar-refractivity contribution in [1.29, 1.82) is 5.26 Å². The number of methoxy groups -OCH3 is 2. The number of ether oxygens (including phenoxy) is 3. The van der Waals surface area contributed by atoms with Gasteiger partial charge in [-0.3, -0.25) is 4.79 Å². The highest BCUT2D eigenvalue weighted by Crippen LogP contribution is 2.41. The largest absolute Gasteiger partial charge is 0.477 e. The Kier molecular flexibility index (Phi) is 4.31. The molecule has 1 fully saturated rings. The molecule has 2 aliphatic heterocycles. The molecule has 1 aromatic rings. The summed E-state index contributed by atoms with van der Waals surface area (Å²) in [6.07, 6.45) is 2.57. The van der Waals surface area contributed by atoms with Gasteiger partial charge in [-0.05, 0) is 37.6 Å². The molecule has 0 saturated carbocycles. The highest BCUT2D eigenvalue weighted by molar-refractivity contribution is 5.90. The zero-order valence-electron chi connectivity index (χ0n) is 14.0. The van der Waals surface area contributed by atoms with E-state index in [1.54, 1.807) is 37.3 Å². The van der Waals surface area contributed by atoms with E-state index in [0.717, 1.165) is 17.7 Å². The van der Waals surface area contributed by atoms with Gasteiger partial charge >= 0.3 is 0 Å². The molecule has 6 nitrogen and oxygen atoms in total. The van der Waals surface area contributed by atoms with Gasteiger partial charge < -0.3 is 19.1 Å². The molecule has 126 valence electrons. The number of hydrogen-bond donors (Lipinski definition) is 0. The first-order valence-electron chi connectivity index (χ1n) is 7.84. The molecule has 0 bridgehead atoms. The lowest BCUT2D eigenvalue weighted by molar-refractivity contribution is -0.180. The number of carbonyl (C=O) groups is 1. The van der Waals surface area contributed by atoms with E-state index in [1.165, 1.54) is 0 Å².